The van der Waals surface area contributed by atoms with Gasteiger partial charge in [0.25, 0.3) is 0 Å². The van der Waals surface area contributed by atoms with Crippen LogP contribution in [0.5, 0.6) is 5.75 Å². The Hall–Kier alpha value is -3.80. The van der Waals surface area contributed by atoms with Gasteiger partial charge in [-0.3, -0.25) is 0 Å². The zero-order valence-electron chi connectivity index (χ0n) is 18.7. The van der Waals surface area contributed by atoms with Crippen molar-refractivity contribution in [2.45, 2.75) is 33.4 Å². The second-order valence-corrected chi connectivity index (χ2v) is 8.09. The first-order valence-corrected chi connectivity index (χ1v) is 10.6. The third-order valence-electron chi connectivity index (χ3n) is 5.14. The highest BCUT2D eigenvalue weighted by Gasteiger charge is 2.11. The van der Waals surface area contributed by atoms with Crippen LogP contribution >= 0.6 is 0 Å². The van der Waals surface area contributed by atoms with Crippen LogP contribution < -0.4 is 15.4 Å². The van der Waals surface area contributed by atoms with E-state index in [0.717, 1.165) is 44.5 Å². The number of anilines is 2. The van der Waals surface area contributed by atoms with E-state index >= 15 is 0 Å². The smallest absolute Gasteiger partial charge is 0.407 e. The summed E-state index contributed by atoms with van der Waals surface area (Å²) in [5.41, 5.74) is 5.80. The summed E-state index contributed by atoms with van der Waals surface area (Å²) >= 11 is 0. The molecule has 0 radical (unpaired) electrons. The second-order valence-electron chi connectivity index (χ2n) is 8.09. The van der Waals surface area contributed by atoms with Gasteiger partial charge in [-0.15, -0.1) is 0 Å². The standard InChI is InChI=1S/C26H27N3O3/c1-16(2)27-26(30)32-15-18-6-8-19(9-7-18)28-25-21-11-10-20(31-4)14-24(21)29-23-12-5-17(3)13-22(23)25/h5-14,16H,15H2,1-4H3,(H,27,30)(H,28,29). The molecule has 0 saturated heterocycles. The number of pyridine rings is 1. The maximum Gasteiger partial charge on any atom is 0.407 e. The number of nitrogens with one attached hydrogen (secondary N) is 2. The average molecular weight is 430 g/mol. The number of alkyl carbamates (subject to hydrolysis) is 1. The molecule has 1 aromatic heterocycles. The van der Waals surface area contributed by atoms with Gasteiger partial charge in [0, 0.05) is 28.6 Å². The summed E-state index contributed by atoms with van der Waals surface area (Å²) in [5.74, 6) is 0.772. The van der Waals surface area contributed by atoms with E-state index < -0.39 is 6.09 Å². The number of hydrogen-bond donors (Lipinski definition) is 2. The highest BCUT2D eigenvalue weighted by Crippen LogP contribution is 2.35. The number of carbonyl (C=O) groups is 1. The zero-order chi connectivity index (χ0) is 22.7. The Morgan fingerprint density at radius 1 is 0.969 bits per heavy atom. The lowest BCUT2D eigenvalue weighted by atomic mass is 10.0. The number of benzene rings is 3. The molecule has 1 heterocycles. The quantitative estimate of drug-likeness (QED) is 0.363. The molecule has 0 bridgehead atoms. The molecule has 2 N–H and O–H groups in total. The molecular weight excluding hydrogens is 402 g/mol. The van der Waals surface area contributed by atoms with Gasteiger partial charge in [-0.1, -0.05) is 23.8 Å². The molecule has 0 aliphatic carbocycles. The minimum Gasteiger partial charge on any atom is -0.497 e. The first-order chi connectivity index (χ1) is 15.4. The van der Waals surface area contributed by atoms with Crippen LogP contribution in [-0.2, 0) is 11.3 Å². The van der Waals surface area contributed by atoms with Crippen molar-refractivity contribution in [3.05, 3.63) is 71.8 Å². The van der Waals surface area contributed by atoms with Gasteiger partial charge in [0.2, 0.25) is 0 Å². The molecule has 0 aliphatic heterocycles. The Morgan fingerprint density at radius 3 is 2.47 bits per heavy atom. The van der Waals surface area contributed by atoms with Crippen LogP contribution in [0.4, 0.5) is 16.2 Å². The summed E-state index contributed by atoms with van der Waals surface area (Å²) in [7, 11) is 1.66. The largest absolute Gasteiger partial charge is 0.497 e. The number of methoxy groups -OCH3 is 1. The lowest BCUT2D eigenvalue weighted by Gasteiger charge is -2.15. The summed E-state index contributed by atoms with van der Waals surface area (Å²) in [5, 5.41) is 8.36. The summed E-state index contributed by atoms with van der Waals surface area (Å²) in [6.45, 7) is 6.09. The van der Waals surface area contributed by atoms with E-state index in [1.165, 1.54) is 5.56 Å². The van der Waals surface area contributed by atoms with E-state index in [4.69, 9.17) is 14.5 Å². The van der Waals surface area contributed by atoms with Crippen LogP contribution in [0, 0.1) is 6.92 Å². The van der Waals surface area contributed by atoms with E-state index in [1.807, 2.05) is 62.4 Å². The summed E-state index contributed by atoms with van der Waals surface area (Å²) in [6.07, 6.45) is -0.414. The fourth-order valence-corrected chi connectivity index (χ4v) is 3.55. The van der Waals surface area contributed by atoms with Crippen molar-refractivity contribution in [2.24, 2.45) is 0 Å². The number of nitrogens with zero attached hydrogens (tertiary/aromatic N) is 1. The Labute approximate surface area is 187 Å². The van der Waals surface area contributed by atoms with Crippen LogP contribution in [0.15, 0.2) is 60.7 Å². The van der Waals surface area contributed by atoms with Gasteiger partial charge in [-0.2, -0.15) is 0 Å². The first kappa shape index (κ1) is 21.4. The number of fused-ring (bicyclic) bond motifs is 2. The van der Waals surface area contributed by atoms with Crippen molar-refractivity contribution < 1.29 is 14.3 Å². The molecule has 3 aromatic carbocycles. The Morgan fingerprint density at radius 2 is 1.75 bits per heavy atom. The Kier molecular flexibility index (Phi) is 6.12. The zero-order valence-corrected chi connectivity index (χ0v) is 18.7. The average Bonchev–Trinajstić information content (AvgIpc) is 2.78. The monoisotopic (exact) mass is 429 g/mol. The number of rotatable bonds is 6. The number of ether oxygens (including phenoxy) is 2. The van der Waals surface area contributed by atoms with Gasteiger partial charge in [0.05, 0.1) is 23.8 Å². The summed E-state index contributed by atoms with van der Waals surface area (Å²) < 4.78 is 10.6. The van der Waals surface area contributed by atoms with Crippen LogP contribution in [0.3, 0.4) is 0 Å². The van der Waals surface area contributed by atoms with Gasteiger partial charge in [0.1, 0.15) is 12.4 Å². The van der Waals surface area contributed by atoms with Gasteiger partial charge < -0.3 is 20.1 Å². The normalized spacial score (nSPS) is 11.0. The predicted molar refractivity (Wildman–Crippen MR) is 129 cm³/mol. The first-order valence-electron chi connectivity index (χ1n) is 10.6. The fourth-order valence-electron chi connectivity index (χ4n) is 3.55. The molecule has 0 spiro atoms. The van der Waals surface area contributed by atoms with E-state index in [0.29, 0.717) is 0 Å². The van der Waals surface area contributed by atoms with Crippen molar-refractivity contribution in [3.8, 4) is 5.75 Å². The fraction of sp³-hybridized carbons (Fsp3) is 0.231. The maximum atomic E-state index is 11.7. The lowest BCUT2D eigenvalue weighted by Crippen LogP contribution is -2.30. The molecule has 0 saturated carbocycles. The van der Waals surface area contributed by atoms with Crippen LogP contribution in [0.1, 0.15) is 25.0 Å². The molecule has 6 heteroatoms. The van der Waals surface area contributed by atoms with E-state index in [9.17, 15) is 4.79 Å². The van der Waals surface area contributed by atoms with Crippen molar-refractivity contribution in [2.75, 3.05) is 12.4 Å². The highest BCUT2D eigenvalue weighted by atomic mass is 16.5. The number of carbonyl (C=O) groups excluding carboxylic acids is 1. The van der Waals surface area contributed by atoms with E-state index in [1.54, 1.807) is 7.11 Å². The topological polar surface area (TPSA) is 72.5 Å². The number of amides is 1. The second kappa shape index (κ2) is 9.14. The van der Waals surface area contributed by atoms with Gasteiger partial charge in [0.15, 0.2) is 0 Å². The van der Waals surface area contributed by atoms with Crippen molar-refractivity contribution in [1.82, 2.24) is 10.3 Å². The number of aromatic nitrogens is 1. The molecule has 164 valence electrons. The molecule has 6 nitrogen and oxygen atoms in total. The summed E-state index contributed by atoms with van der Waals surface area (Å²) in [4.78, 5) is 16.5. The molecule has 0 unspecified atom stereocenters. The number of aryl methyl sites for hydroxylation is 1. The van der Waals surface area contributed by atoms with E-state index in [2.05, 4.69) is 29.7 Å². The Balaban J connectivity index is 1.64. The molecule has 0 aliphatic rings. The number of hydrogen-bond acceptors (Lipinski definition) is 5. The van der Waals surface area contributed by atoms with Crippen molar-refractivity contribution in [3.63, 3.8) is 0 Å². The van der Waals surface area contributed by atoms with Gasteiger partial charge in [-0.25, -0.2) is 9.78 Å². The van der Waals surface area contributed by atoms with Crippen LogP contribution in [-0.4, -0.2) is 24.2 Å². The van der Waals surface area contributed by atoms with E-state index in [-0.39, 0.29) is 12.6 Å². The van der Waals surface area contributed by atoms with Gasteiger partial charge >= 0.3 is 6.09 Å². The highest BCUT2D eigenvalue weighted by molar-refractivity contribution is 6.09. The van der Waals surface area contributed by atoms with Crippen molar-refractivity contribution >= 4 is 39.3 Å². The maximum absolute atomic E-state index is 11.7. The summed E-state index contributed by atoms with van der Waals surface area (Å²) in [6, 6.07) is 20.1. The van der Waals surface area contributed by atoms with Crippen LogP contribution in [0.2, 0.25) is 0 Å². The Bertz CT molecular complexity index is 1270. The third-order valence-corrected chi connectivity index (χ3v) is 5.14. The minimum absolute atomic E-state index is 0.0442. The molecule has 0 fully saturated rings. The molecule has 1 amide bonds. The predicted octanol–water partition coefficient (Wildman–Crippen LogP) is 6.08. The van der Waals surface area contributed by atoms with Gasteiger partial charge in [-0.05, 0) is 62.7 Å². The molecule has 4 aromatic rings. The molecule has 32 heavy (non-hydrogen) atoms. The molecule has 0 atom stereocenters. The lowest BCUT2D eigenvalue weighted by molar-refractivity contribution is 0.137. The molecule has 4 rings (SSSR count). The third kappa shape index (κ3) is 4.75. The molecular formula is C26H27N3O3. The van der Waals surface area contributed by atoms with Crippen molar-refractivity contribution in [1.29, 1.82) is 0 Å². The SMILES string of the molecule is COc1ccc2c(Nc3ccc(COC(=O)NC(C)C)cc3)c3cc(C)ccc3nc2c1. The van der Waals surface area contributed by atoms with Crippen LogP contribution in [0.25, 0.3) is 21.8 Å². The minimum atomic E-state index is -0.414.